The fourth-order valence-corrected chi connectivity index (χ4v) is 12.6. The summed E-state index contributed by atoms with van der Waals surface area (Å²) in [6, 6.07) is 46.0. The summed E-state index contributed by atoms with van der Waals surface area (Å²) in [6.07, 6.45) is 19.0. The predicted molar refractivity (Wildman–Crippen MR) is 343 cm³/mol. The van der Waals surface area contributed by atoms with Crippen molar-refractivity contribution in [3.8, 4) is 5.69 Å². The summed E-state index contributed by atoms with van der Waals surface area (Å²) >= 11 is 0. The molecule has 2 N–H and O–H groups in total. The van der Waals surface area contributed by atoms with E-state index in [-0.39, 0.29) is 48.8 Å². The van der Waals surface area contributed by atoms with Crippen LogP contribution in [0.15, 0.2) is 167 Å². The number of hydrogen-bond donors (Lipinski definition) is 2. The van der Waals surface area contributed by atoms with Crippen LogP contribution in [-0.4, -0.2) is 110 Å². The second-order valence-electron chi connectivity index (χ2n) is 22.7. The van der Waals surface area contributed by atoms with Crippen LogP contribution in [0.5, 0.6) is 0 Å². The first-order valence-corrected chi connectivity index (χ1v) is 30.5. The predicted octanol–water partition coefficient (Wildman–Crippen LogP) is 13.0. The molecule has 6 aromatic carbocycles. The lowest BCUT2D eigenvalue weighted by Crippen LogP contribution is -2.26. The summed E-state index contributed by atoms with van der Waals surface area (Å²) < 4.78 is 2.18. The Balaban J connectivity index is 0.000000133. The molecular formula is C71H75N9O5. The Hall–Kier alpha value is -9.04. The van der Waals surface area contributed by atoms with E-state index in [1.54, 1.807) is 0 Å². The van der Waals surface area contributed by atoms with E-state index >= 15 is 0 Å². The highest BCUT2D eigenvalue weighted by atomic mass is 16.2. The van der Waals surface area contributed by atoms with Crippen LogP contribution in [0.4, 0.5) is 28.4 Å². The molecule has 0 aliphatic carbocycles. The van der Waals surface area contributed by atoms with Crippen LogP contribution in [0, 0.1) is 0 Å². The summed E-state index contributed by atoms with van der Waals surface area (Å²) in [6.45, 7) is 9.83. The zero-order valence-electron chi connectivity index (χ0n) is 49.0. The number of ketones is 3. The third kappa shape index (κ3) is 13.5. The van der Waals surface area contributed by atoms with Crippen molar-refractivity contribution in [2.24, 2.45) is 15.0 Å². The smallest absolute Gasteiger partial charge is 0.221 e. The van der Waals surface area contributed by atoms with Gasteiger partial charge in [-0.15, -0.1) is 0 Å². The number of carbonyl (C=O) groups is 5. The monoisotopic (exact) mass is 1130 g/mol. The molecule has 3 saturated heterocycles. The summed E-state index contributed by atoms with van der Waals surface area (Å²) in [5, 5.41) is 6.00. The number of amides is 2. The van der Waals surface area contributed by atoms with Gasteiger partial charge in [0.05, 0.1) is 51.3 Å². The number of aliphatic imine (C=N–C) groups is 3. The number of anilines is 5. The van der Waals surface area contributed by atoms with Crippen LogP contribution in [0.2, 0.25) is 0 Å². The molecule has 0 spiro atoms. The molecule has 1 aromatic heterocycles. The van der Waals surface area contributed by atoms with Gasteiger partial charge in [-0.05, 0) is 87.1 Å². The summed E-state index contributed by atoms with van der Waals surface area (Å²) in [5.41, 5.74) is 16.5. The highest BCUT2D eigenvalue weighted by Gasteiger charge is 2.27. The van der Waals surface area contributed by atoms with Gasteiger partial charge in [-0.1, -0.05) is 130 Å². The van der Waals surface area contributed by atoms with Gasteiger partial charge in [-0.2, -0.15) is 0 Å². The van der Waals surface area contributed by atoms with E-state index in [2.05, 4.69) is 112 Å². The molecule has 14 nitrogen and oxygen atoms in total. The van der Waals surface area contributed by atoms with Gasteiger partial charge in [-0.25, -0.2) is 0 Å². The molecule has 2 amide bonds. The average molecular weight is 1130 g/mol. The minimum absolute atomic E-state index is 0.0441. The standard InChI is InChI=1S/C25H25N3O.2C23H25N3O2/c29-24-18-26-25(21-10-4-3-9-20(21)24)19-11-12-22(27-13-5-1-2-6-14-27)23(17-19)28-15-7-8-16-28;2*1-16(27)25-20-14-17(10-11-21(20)26-12-6-2-3-7-13-26)23-19-9-5-4-8-18(19)22(28)15-24-23/h3-4,7-12,15-17H,1-2,5-6,13-14,18H2;2*4-5,8-11,14H,2-3,6-7,12-13,15H2,1H3,(H,25,27). The number of aromatic nitrogens is 1. The number of benzene rings is 6. The molecule has 0 radical (unpaired) electrons. The molecule has 7 heterocycles. The van der Waals surface area contributed by atoms with Crippen molar-refractivity contribution in [2.75, 3.05) is 84.2 Å². The number of hydrogen-bond acceptors (Lipinski definition) is 11. The molecular weight excluding hydrogens is 1060 g/mol. The van der Waals surface area contributed by atoms with Gasteiger partial charge in [0.1, 0.15) is 19.6 Å². The minimum Gasteiger partial charge on any atom is -0.370 e. The molecule has 0 unspecified atom stereocenters. The highest BCUT2D eigenvalue weighted by molar-refractivity contribution is 6.24. The molecule has 6 aliphatic heterocycles. The number of Topliss-reactive ketones (excluding diaryl/α,β-unsaturated/α-hetero) is 3. The van der Waals surface area contributed by atoms with E-state index in [9.17, 15) is 24.0 Å². The van der Waals surface area contributed by atoms with Gasteiger partial charge in [0, 0.05) is 116 Å². The zero-order valence-corrected chi connectivity index (χ0v) is 49.0. The minimum atomic E-state index is -0.0885. The van der Waals surface area contributed by atoms with Crippen molar-refractivity contribution >= 4 is 74.7 Å². The third-order valence-corrected chi connectivity index (χ3v) is 16.7. The van der Waals surface area contributed by atoms with Gasteiger partial charge in [0.25, 0.3) is 0 Å². The van der Waals surface area contributed by atoms with Crippen LogP contribution in [0.3, 0.4) is 0 Å². The first-order chi connectivity index (χ1) is 41.6. The summed E-state index contributed by atoms with van der Waals surface area (Å²) in [4.78, 5) is 81.3. The number of rotatable bonds is 9. The SMILES string of the molecule is CC(=O)Nc1cc(C2=NCC(=O)c3ccccc32)ccc1N1CCCCCC1.CC(=O)Nc1cc(C2=NCC(=O)c3ccccc32)ccc1N1CCCCCC1.O=C1CN=C(c2ccc(N3CCCCCC3)c(-n3cccc3)c2)c2ccccc21. The highest BCUT2D eigenvalue weighted by Crippen LogP contribution is 2.35. The van der Waals surface area contributed by atoms with Crippen LogP contribution in [0.1, 0.15) is 155 Å². The van der Waals surface area contributed by atoms with Crippen LogP contribution in [-0.2, 0) is 9.59 Å². The van der Waals surface area contributed by atoms with E-state index in [1.807, 2.05) is 84.9 Å². The van der Waals surface area contributed by atoms with E-state index in [4.69, 9.17) is 0 Å². The average Bonchev–Trinajstić information content (AvgIpc) is 2.76. The molecule has 14 heteroatoms. The molecule has 6 aliphatic rings. The van der Waals surface area contributed by atoms with Gasteiger partial charge < -0.3 is 29.9 Å². The normalized spacial score (nSPS) is 16.8. The summed E-state index contributed by atoms with van der Waals surface area (Å²) in [7, 11) is 0. The Kier molecular flexibility index (Phi) is 18.4. The molecule has 13 rings (SSSR count). The van der Waals surface area contributed by atoms with Gasteiger partial charge >= 0.3 is 0 Å². The lowest BCUT2D eigenvalue weighted by molar-refractivity contribution is -0.115. The molecule has 0 saturated carbocycles. The fraction of sp³-hybridized carbons (Fsp3) is 0.324. The molecule has 434 valence electrons. The van der Waals surface area contributed by atoms with Crippen molar-refractivity contribution in [1.29, 1.82) is 0 Å². The summed E-state index contributed by atoms with van der Waals surface area (Å²) in [5.74, 6) is 0.00479. The Morgan fingerprint density at radius 1 is 0.353 bits per heavy atom. The number of nitrogens with zero attached hydrogens (tertiary/aromatic N) is 7. The first-order valence-electron chi connectivity index (χ1n) is 30.5. The Morgan fingerprint density at radius 3 is 1.00 bits per heavy atom. The molecule has 7 aromatic rings. The molecule has 0 atom stereocenters. The number of nitrogens with one attached hydrogen (secondary N) is 2. The quantitative estimate of drug-likeness (QED) is 0.144. The fourth-order valence-electron chi connectivity index (χ4n) is 12.6. The van der Waals surface area contributed by atoms with Gasteiger partial charge in [0.15, 0.2) is 17.3 Å². The lowest BCUT2D eigenvalue weighted by atomic mass is 9.92. The Bertz CT molecular complexity index is 3550. The first kappa shape index (κ1) is 57.8. The maximum absolute atomic E-state index is 12.3. The maximum Gasteiger partial charge on any atom is 0.221 e. The van der Waals surface area contributed by atoms with Crippen LogP contribution in [0.25, 0.3) is 5.69 Å². The topological polar surface area (TPSA) is 161 Å². The maximum atomic E-state index is 12.3. The Labute approximate surface area is 498 Å². The molecule has 85 heavy (non-hydrogen) atoms. The van der Waals surface area contributed by atoms with E-state index < -0.39 is 0 Å². The zero-order chi connectivity index (χ0) is 58.7. The van der Waals surface area contributed by atoms with Gasteiger partial charge in [0.2, 0.25) is 11.8 Å². The van der Waals surface area contributed by atoms with Crippen LogP contribution < -0.4 is 25.3 Å². The van der Waals surface area contributed by atoms with E-state index in [0.717, 1.165) is 118 Å². The number of fused-ring (bicyclic) bond motifs is 3. The lowest BCUT2D eigenvalue weighted by Gasteiger charge is -2.27. The second-order valence-corrected chi connectivity index (χ2v) is 22.7. The Morgan fingerprint density at radius 2 is 0.659 bits per heavy atom. The van der Waals surface area contributed by atoms with Crippen molar-refractivity contribution in [3.63, 3.8) is 0 Å². The third-order valence-electron chi connectivity index (χ3n) is 16.7. The van der Waals surface area contributed by atoms with Gasteiger partial charge in [-0.3, -0.25) is 38.9 Å². The van der Waals surface area contributed by atoms with Crippen molar-refractivity contribution in [2.45, 2.75) is 90.9 Å². The van der Waals surface area contributed by atoms with E-state index in [0.29, 0.717) is 11.1 Å². The number of carbonyl (C=O) groups excluding carboxylic acids is 5. The van der Waals surface area contributed by atoms with Crippen molar-refractivity contribution < 1.29 is 24.0 Å². The van der Waals surface area contributed by atoms with Crippen molar-refractivity contribution in [3.05, 3.63) is 202 Å². The molecule has 0 bridgehead atoms. The second kappa shape index (κ2) is 27.1. The van der Waals surface area contributed by atoms with Crippen molar-refractivity contribution in [1.82, 2.24) is 4.57 Å². The largest absolute Gasteiger partial charge is 0.370 e. The van der Waals surface area contributed by atoms with Crippen LogP contribution >= 0.6 is 0 Å². The molecule has 3 fully saturated rings. The van der Waals surface area contributed by atoms with E-state index in [1.165, 1.54) is 102 Å².